The summed E-state index contributed by atoms with van der Waals surface area (Å²) in [5.74, 6) is -0.200. The van der Waals surface area contributed by atoms with E-state index < -0.39 is 5.97 Å². The maximum absolute atomic E-state index is 11.0. The van der Waals surface area contributed by atoms with Crippen molar-refractivity contribution in [1.82, 2.24) is 5.32 Å². The summed E-state index contributed by atoms with van der Waals surface area (Å²) in [6, 6.07) is 5.33. The van der Waals surface area contributed by atoms with Gasteiger partial charge in [0.1, 0.15) is 12.4 Å². The summed E-state index contributed by atoms with van der Waals surface area (Å²) in [5.41, 5.74) is 1.13. The van der Waals surface area contributed by atoms with Crippen molar-refractivity contribution in [3.05, 3.63) is 29.3 Å². The summed E-state index contributed by atoms with van der Waals surface area (Å²) < 4.78 is 5.49. The van der Waals surface area contributed by atoms with Crippen LogP contribution in [0.2, 0.25) is 0 Å². The van der Waals surface area contributed by atoms with Crippen molar-refractivity contribution in [3.63, 3.8) is 0 Å². The molecule has 1 atom stereocenters. The highest BCUT2D eigenvalue weighted by atomic mass is 16.5. The molecular formula is C11H13NO3. The summed E-state index contributed by atoms with van der Waals surface area (Å²) in [5, 5.41) is 12.1. The zero-order valence-corrected chi connectivity index (χ0v) is 8.49. The van der Waals surface area contributed by atoms with E-state index in [0.717, 1.165) is 5.56 Å². The minimum Gasteiger partial charge on any atom is -0.492 e. The third-order valence-corrected chi connectivity index (χ3v) is 2.66. The Morgan fingerprint density at radius 3 is 3.07 bits per heavy atom. The number of rotatable bonds is 2. The minimum absolute atomic E-state index is 0.193. The third kappa shape index (κ3) is 1.80. The van der Waals surface area contributed by atoms with Gasteiger partial charge in [-0.05, 0) is 25.6 Å². The first-order valence-corrected chi connectivity index (χ1v) is 4.87. The van der Waals surface area contributed by atoms with Crippen molar-refractivity contribution < 1.29 is 14.6 Å². The molecule has 1 aliphatic heterocycles. The largest absolute Gasteiger partial charge is 0.492 e. The van der Waals surface area contributed by atoms with Crippen LogP contribution in [0.15, 0.2) is 18.2 Å². The van der Waals surface area contributed by atoms with Crippen LogP contribution in [-0.4, -0.2) is 30.8 Å². The second-order valence-corrected chi connectivity index (χ2v) is 3.59. The average molecular weight is 207 g/mol. The summed E-state index contributed by atoms with van der Waals surface area (Å²) in [7, 11) is 1.85. The van der Waals surface area contributed by atoms with Crippen molar-refractivity contribution in [2.75, 3.05) is 13.7 Å². The third-order valence-electron chi connectivity index (χ3n) is 2.66. The summed E-state index contributed by atoms with van der Waals surface area (Å²) >= 11 is 0. The molecule has 4 heteroatoms. The number of carbonyl (C=O) groups is 1. The highest BCUT2D eigenvalue weighted by Crippen LogP contribution is 2.27. The van der Waals surface area contributed by atoms with Gasteiger partial charge in [-0.25, -0.2) is 4.79 Å². The Hall–Kier alpha value is -1.55. The van der Waals surface area contributed by atoms with Crippen LogP contribution in [0.3, 0.4) is 0 Å². The molecule has 0 aromatic heterocycles. The average Bonchev–Trinajstić information content (AvgIpc) is 2.27. The maximum Gasteiger partial charge on any atom is 0.336 e. The molecule has 0 bridgehead atoms. The van der Waals surface area contributed by atoms with Gasteiger partial charge in [0.15, 0.2) is 0 Å². The van der Waals surface area contributed by atoms with E-state index in [4.69, 9.17) is 9.84 Å². The van der Waals surface area contributed by atoms with E-state index in [0.29, 0.717) is 24.3 Å². The molecule has 1 aromatic rings. The molecule has 0 aliphatic carbocycles. The predicted molar refractivity (Wildman–Crippen MR) is 55.4 cm³/mol. The fourth-order valence-electron chi connectivity index (χ4n) is 1.79. The van der Waals surface area contributed by atoms with Crippen molar-refractivity contribution in [2.24, 2.45) is 0 Å². The van der Waals surface area contributed by atoms with Gasteiger partial charge in [-0.15, -0.1) is 0 Å². The van der Waals surface area contributed by atoms with Gasteiger partial charge in [0.25, 0.3) is 0 Å². The van der Waals surface area contributed by atoms with Crippen molar-refractivity contribution >= 4 is 5.97 Å². The van der Waals surface area contributed by atoms with E-state index in [1.165, 1.54) is 0 Å². The van der Waals surface area contributed by atoms with Gasteiger partial charge < -0.3 is 15.2 Å². The van der Waals surface area contributed by atoms with Crippen LogP contribution in [0.4, 0.5) is 0 Å². The Kier molecular flexibility index (Phi) is 2.60. The lowest BCUT2D eigenvalue weighted by Gasteiger charge is -2.25. The molecule has 0 fully saturated rings. The van der Waals surface area contributed by atoms with Gasteiger partial charge in [0, 0.05) is 11.6 Å². The quantitative estimate of drug-likeness (QED) is 0.756. The highest BCUT2D eigenvalue weighted by molar-refractivity contribution is 5.90. The topological polar surface area (TPSA) is 58.6 Å². The first kappa shape index (κ1) is 9.98. The summed E-state index contributed by atoms with van der Waals surface area (Å²) in [6.07, 6.45) is 0.703. The number of nitrogens with one attached hydrogen (secondary N) is 1. The minimum atomic E-state index is -0.896. The molecule has 1 aromatic carbocycles. The van der Waals surface area contributed by atoms with Crippen molar-refractivity contribution in [3.8, 4) is 5.75 Å². The fraction of sp³-hybridized carbons (Fsp3) is 0.364. The molecule has 2 rings (SSSR count). The molecule has 0 saturated heterocycles. The number of hydrogen-bond acceptors (Lipinski definition) is 3. The smallest absolute Gasteiger partial charge is 0.336 e. The number of carboxylic acids is 1. The molecule has 15 heavy (non-hydrogen) atoms. The highest BCUT2D eigenvalue weighted by Gasteiger charge is 2.23. The zero-order chi connectivity index (χ0) is 10.8. The lowest BCUT2D eigenvalue weighted by atomic mass is 9.97. The molecule has 0 amide bonds. The number of aromatic carboxylic acids is 1. The molecule has 0 spiro atoms. The Bertz CT molecular complexity index is 389. The zero-order valence-electron chi connectivity index (χ0n) is 8.49. The molecule has 4 nitrogen and oxygen atoms in total. The van der Waals surface area contributed by atoms with Gasteiger partial charge in [0.2, 0.25) is 0 Å². The molecular weight excluding hydrogens is 194 g/mol. The molecule has 0 saturated carbocycles. The number of likely N-dealkylation sites (N-methyl/N-ethyl adjacent to an activating group) is 1. The summed E-state index contributed by atoms with van der Waals surface area (Å²) in [6.45, 7) is 0.590. The number of carboxylic acid groups (broad SMARTS) is 1. The normalized spacial score (nSPS) is 19.1. The van der Waals surface area contributed by atoms with Gasteiger partial charge in [-0.3, -0.25) is 0 Å². The lowest BCUT2D eigenvalue weighted by Crippen LogP contribution is -2.37. The van der Waals surface area contributed by atoms with Gasteiger partial charge in [-0.2, -0.15) is 0 Å². The van der Waals surface area contributed by atoms with Crippen LogP contribution in [0, 0.1) is 0 Å². The Morgan fingerprint density at radius 1 is 1.60 bits per heavy atom. The lowest BCUT2D eigenvalue weighted by molar-refractivity contribution is 0.0694. The molecule has 80 valence electrons. The monoisotopic (exact) mass is 207 g/mol. The first-order valence-electron chi connectivity index (χ1n) is 4.87. The fourth-order valence-corrected chi connectivity index (χ4v) is 1.79. The van der Waals surface area contributed by atoms with E-state index in [-0.39, 0.29) is 6.04 Å². The molecule has 1 heterocycles. The van der Waals surface area contributed by atoms with E-state index in [1.807, 2.05) is 13.1 Å². The second kappa shape index (κ2) is 3.90. The van der Waals surface area contributed by atoms with Crippen LogP contribution < -0.4 is 10.1 Å². The van der Waals surface area contributed by atoms with Crippen LogP contribution in [0.25, 0.3) is 0 Å². The van der Waals surface area contributed by atoms with Gasteiger partial charge in [-0.1, -0.05) is 6.07 Å². The number of benzene rings is 1. The number of hydrogen-bond donors (Lipinski definition) is 2. The van der Waals surface area contributed by atoms with E-state index in [9.17, 15) is 4.79 Å². The summed E-state index contributed by atoms with van der Waals surface area (Å²) in [4.78, 5) is 11.0. The first-order chi connectivity index (χ1) is 7.22. The Balaban J connectivity index is 2.40. The van der Waals surface area contributed by atoms with Crippen LogP contribution in [-0.2, 0) is 6.42 Å². The SMILES string of the molecule is CNC1COc2cccc(C(=O)O)c2C1. The van der Waals surface area contributed by atoms with E-state index in [2.05, 4.69) is 5.32 Å². The van der Waals surface area contributed by atoms with Crippen LogP contribution in [0.5, 0.6) is 5.75 Å². The van der Waals surface area contributed by atoms with Crippen molar-refractivity contribution in [2.45, 2.75) is 12.5 Å². The van der Waals surface area contributed by atoms with Crippen molar-refractivity contribution in [1.29, 1.82) is 0 Å². The predicted octanol–water partition coefficient (Wildman–Crippen LogP) is 0.908. The molecule has 0 radical (unpaired) electrons. The Labute approximate surface area is 87.9 Å². The van der Waals surface area contributed by atoms with Crippen LogP contribution >= 0.6 is 0 Å². The number of fused-ring (bicyclic) bond motifs is 1. The van der Waals surface area contributed by atoms with E-state index in [1.54, 1.807) is 12.1 Å². The standard InChI is InChI=1S/C11H13NO3/c1-12-7-5-9-8(11(13)14)3-2-4-10(9)15-6-7/h2-4,7,12H,5-6H2,1H3,(H,13,14). The van der Waals surface area contributed by atoms with Crippen LogP contribution in [0.1, 0.15) is 15.9 Å². The van der Waals surface area contributed by atoms with E-state index >= 15 is 0 Å². The maximum atomic E-state index is 11.0. The molecule has 2 N–H and O–H groups in total. The Morgan fingerprint density at radius 2 is 2.40 bits per heavy atom. The van der Waals surface area contributed by atoms with Gasteiger partial charge in [0.05, 0.1) is 5.56 Å². The molecule has 1 unspecified atom stereocenters. The van der Waals surface area contributed by atoms with Gasteiger partial charge >= 0.3 is 5.97 Å². The number of ether oxygens (including phenoxy) is 1. The second-order valence-electron chi connectivity index (χ2n) is 3.59. The molecule has 1 aliphatic rings.